The van der Waals surface area contributed by atoms with Crippen LogP contribution in [0, 0.1) is 6.92 Å². The van der Waals surface area contributed by atoms with Crippen LogP contribution >= 0.6 is 30.8 Å². The number of anilines is 2. The van der Waals surface area contributed by atoms with E-state index in [9.17, 15) is 63.4 Å². The Kier molecular flexibility index (Phi) is 31.1. The van der Waals surface area contributed by atoms with Gasteiger partial charge in [-0.1, -0.05) is 62.2 Å². The molecule has 0 bridgehead atoms. The third-order valence-corrected chi connectivity index (χ3v) is 13.8. The highest BCUT2D eigenvalue weighted by atomic mass is 35.5. The standard InChI is InChI=1S/C15H18Cl2N2O3.C15H16F3N5O4S.C15H18N6O6S.C3H8NO5P.C3H9S/c1-8(2)21-12-7-11(9(16)6-10(12)17)19-14(20)22-13(18-19)15(3,4)5;1-9-19-12(22-14(20-9)27-2)21-13(24)23-28(25,26)11-6-4-3-5-10(11)7-8-15(16,17)18;1-21(2)13(22)9-6-5-7-16-12(9)28(24,25)20-15(23)19-14-17-10(26-3)8-11(18-14)27-4;5-3(6)1-4-2-10(7,8)9;1-4(2)3/h6-8H,1-5H3;3-6H,7-8H2,1-2H3,(H2,19,20,21,22,23,24);5-8H,1-4H3,(H2,17,18,19,20,23);4H,1-2H2,(H,5,6)(H2,7,8,9);1-3H3/q;;;;+1/p-1. The summed E-state index contributed by atoms with van der Waals surface area (Å²) in [6.45, 7) is 10.5. The first-order valence-electron chi connectivity index (χ1n) is 25.9. The second-order valence-corrected chi connectivity index (χ2v) is 28.0. The number of aryl methyl sites for hydroxylation is 2. The number of pyridine rings is 1. The summed E-state index contributed by atoms with van der Waals surface area (Å²) >= 11 is 12.3. The molecule has 4 heterocycles. The summed E-state index contributed by atoms with van der Waals surface area (Å²) in [5, 5.41) is 18.5. The lowest BCUT2D eigenvalue weighted by Crippen LogP contribution is -2.36. The molecule has 4 aromatic heterocycles. The number of nitrogens with zero attached hydrogens (tertiary/aromatic N) is 9. The highest BCUT2D eigenvalue weighted by molar-refractivity contribution is 7.94. The van der Waals surface area contributed by atoms with Crippen molar-refractivity contribution in [1.82, 2.24) is 59.3 Å². The molecule has 1 atom stereocenters. The number of hydrogen-bond donors (Lipinski definition) is 7. The van der Waals surface area contributed by atoms with Crippen molar-refractivity contribution < 1.29 is 92.0 Å². The van der Waals surface area contributed by atoms with Crippen LogP contribution in [0.1, 0.15) is 68.7 Å². The highest BCUT2D eigenvalue weighted by Gasteiger charge is 2.30. The van der Waals surface area contributed by atoms with E-state index in [0.717, 1.165) is 10.7 Å². The van der Waals surface area contributed by atoms with Gasteiger partial charge >= 0.3 is 36.0 Å². The van der Waals surface area contributed by atoms with Gasteiger partial charge in [-0.05, 0) is 67.9 Å². The fourth-order valence-corrected chi connectivity index (χ4v) is 9.31. The van der Waals surface area contributed by atoms with Crippen molar-refractivity contribution >= 4 is 97.6 Å². The number of hydrogen-bond acceptors (Lipinski definition) is 24. The van der Waals surface area contributed by atoms with E-state index in [4.69, 9.17) is 56.6 Å². The van der Waals surface area contributed by atoms with Gasteiger partial charge in [0.25, 0.3) is 26.0 Å². The highest BCUT2D eigenvalue weighted by Crippen LogP contribution is 2.34. The zero-order valence-electron chi connectivity index (χ0n) is 51.7. The number of carboxylic acid groups (broad SMARTS) is 1. The normalized spacial score (nSPS) is 11.9. The molecule has 508 valence electrons. The van der Waals surface area contributed by atoms with Gasteiger partial charge in [0.1, 0.15) is 19.2 Å². The summed E-state index contributed by atoms with van der Waals surface area (Å²) in [6, 6.07) is 9.82. The number of aromatic nitrogens is 8. The third kappa shape index (κ3) is 28.7. The topological polar surface area (TPSA) is 443 Å². The summed E-state index contributed by atoms with van der Waals surface area (Å²) in [7, 11) is -5.70. The molecule has 1 unspecified atom stereocenters. The van der Waals surface area contributed by atoms with Crippen molar-refractivity contribution in [2.45, 2.75) is 82.0 Å². The molecular weight excluding hydrogens is 1350 g/mol. The predicted molar refractivity (Wildman–Crippen MR) is 330 cm³/mol. The van der Waals surface area contributed by atoms with Crippen LogP contribution in [0.2, 0.25) is 10.0 Å². The molecule has 2 aromatic carbocycles. The minimum absolute atomic E-state index is 0.0642. The summed E-state index contributed by atoms with van der Waals surface area (Å²) in [5.74, 6) is -1.73. The Bertz CT molecular complexity index is 3820. The first-order chi connectivity index (χ1) is 42.4. The summed E-state index contributed by atoms with van der Waals surface area (Å²) in [4.78, 5) is 99.7. The second-order valence-electron chi connectivity index (χ2n) is 19.9. The minimum atomic E-state index is -4.46. The number of ether oxygens (including phenoxy) is 4. The van der Waals surface area contributed by atoms with Crippen molar-refractivity contribution in [3.05, 3.63) is 104 Å². The molecule has 6 aromatic rings. The molecule has 0 saturated heterocycles. The Morgan fingerprint density at radius 1 is 0.837 bits per heavy atom. The first kappa shape index (κ1) is 80.1. The van der Waals surface area contributed by atoms with Gasteiger partial charge in [0.05, 0.1) is 91.3 Å². The average Bonchev–Trinajstić information content (AvgIpc) is 1.47. The Hall–Kier alpha value is -7.97. The van der Waals surface area contributed by atoms with Crippen LogP contribution in [0.15, 0.2) is 79.9 Å². The fraction of sp³-hybridized carbons (Fsp3) is 0.412. The van der Waals surface area contributed by atoms with Crippen LogP contribution < -0.4 is 55.0 Å². The average molecular weight is 1420 g/mol. The molecule has 41 heteroatoms. The molecule has 5 amide bonds. The molecule has 0 aliphatic carbocycles. The molecule has 0 aliphatic heterocycles. The van der Waals surface area contributed by atoms with E-state index in [-0.39, 0.29) is 63.2 Å². The van der Waals surface area contributed by atoms with Gasteiger partial charge in [0.15, 0.2) is 5.03 Å². The smallest absolute Gasteiger partial charge is 0.442 e. The number of sulfonamides is 2. The van der Waals surface area contributed by atoms with Crippen LogP contribution in [0.25, 0.3) is 5.69 Å². The number of carbonyl (C=O) groups excluding carboxylic acids is 3. The van der Waals surface area contributed by atoms with Crippen molar-refractivity contribution in [3.63, 3.8) is 0 Å². The van der Waals surface area contributed by atoms with Crippen molar-refractivity contribution in [1.29, 1.82) is 0 Å². The van der Waals surface area contributed by atoms with Crippen LogP contribution in [0.5, 0.6) is 23.5 Å². The number of methoxy groups -OCH3 is 3. The van der Waals surface area contributed by atoms with Gasteiger partial charge in [-0.3, -0.25) is 25.5 Å². The quantitative estimate of drug-likeness (QED) is 0.0406. The number of halogens is 5. The number of benzene rings is 2. The van der Waals surface area contributed by atoms with E-state index in [0.29, 0.717) is 33.2 Å². The van der Waals surface area contributed by atoms with Crippen molar-refractivity contribution in [2.24, 2.45) is 0 Å². The third-order valence-electron chi connectivity index (χ3n) is 9.88. The van der Waals surface area contributed by atoms with Crippen LogP contribution in [0.3, 0.4) is 0 Å². The SMILES string of the molecule is CC(C)Oc1cc(-n2nc(C(C)(C)C)oc2=O)c(Cl)cc1Cl.COc1cc(OC)nc(NC(=O)NS(=O)(=O)c2ncccc2C(=O)N(C)C)n1.COc1nc(C)nc(NC(=O)NS(=O)(=O)c2ccccc2CCC(F)(F)F)n1.C[S+](C)C.O=C(O)CNCP(=O)([O-])O. The molecular formula is C51H68Cl2F3N14O18PS3. The molecule has 6 rings (SSSR count). The number of alkyl halides is 3. The number of carbonyl (C=O) groups is 4. The molecule has 92 heavy (non-hydrogen) atoms. The van der Waals surface area contributed by atoms with Gasteiger partial charge in [0.2, 0.25) is 29.5 Å². The van der Waals surface area contributed by atoms with E-state index in [2.05, 4.69) is 64.4 Å². The summed E-state index contributed by atoms with van der Waals surface area (Å²) < 4.78 is 127. The maximum atomic E-state index is 12.5. The number of nitrogens with one attached hydrogen (secondary N) is 5. The summed E-state index contributed by atoms with van der Waals surface area (Å²) in [5.41, 5.74) is -0.281. The van der Waals surface area contributed by atoms with Gasteiger partial charge in [-0.15, -0.1) is 5.10 Å². The second kappa shape index (κ2) is 35.7. The van der Waals surface area contributed by atoms with E-state index in [1.807, 2.05) is 39.9 Å². The molecule has 32 nitrogen and oxygen atoms in total. The molecule has 0 aliphatic rings. The lowest BCUT2D eigenvalue weighted by atomic mass is 9.97. The monoisotopic (exact) mass is 1420 g/mol. The van der Waals surface area contributed by atoms with Gasteiger partial charge in [0, 0.05) is 38.2 Å². The zero-order valence-corrected chi connectivity index (χ0v) is 56.5. The van der Waals surface area contributed by atoms with Crippen molar-refractivity contribution in [3.8, 4) is 29.2 Å². The lowest BCUT2D eigenvalue weighted by molar-refractivity contribution is -0.193. The van der Waals surface area contributed by atoms with E-state index < -0.39 is 99.1 Å². The van der Waals surface area contributed by atoms with E-state index >= 15 is 0 Å². The fourth-order valence-electron chi connectivity index (χ4n) is 6.19. The van der Waals surface area contributed by atoms with E-state index in [1.54, 1.807) is 15.5 Å². The van der Waals surface area contributed by atoms with Gasteiger partial charge in [-0.2, -0.15) is 51.2 Å². The molecule has 0 fully saturated rings. The molecule has 0 saturated carbocycles. The van der Waals surface area contributed by atoms with Crippen LogP contribution in [-0.2, 0) is 52.1 Å². The van der Waals surface area contributed by atoms with Gasteiger partial charge in [-0.25, -0.2) is 37.2 Å². The number of urea groups is 2. The van der Waals surface area contributed by atoms with Crippen LogP contribution in [-0.4, -0.2) is 175 Å². The molecule has 7 N–H and O–H groups in total. The van der Waals surface area contributed by atoms with Crippen LogP contribution in [0.4, 0.5) is 34.7 Å². The number of rotatable bonds is 19. The van der Waals surface area contributed by atoms with Gasteiger partial charge < -0.3 is 47.7 Å². The Morgan fingerprint density at radius 3 is 1.88 bits per heavy atom. The molecule has 0 spiro atoms. The predicted octanol–water partition coefficient (Wildman–Crippen LogP) is 5.17. The maximum Gasteiger partial charge on any atom is 0.442 e. The number of aliphatic carboxylic acids is 1. The lowest BCUT2D eigenvalue weighted by Gasteiger charge is -2.14. The van der Waals surface area contributed by atoms with E-state index in [1.165, 1.54) is 95.9 Å². The number of carboxylic acids is 1. The summed E-state index contributed by atoms with van der Waals surface area (Å²) in [6.07, 6.45) is 0.804. The Morgan fingerprint density at radius 2 is 1.39 bits per heavy atom. The zero-order chi connectivity index (χ0) is 70.3. The maximum absolute atomic E-state index is 12.5. The Labute approximate surface area is 539 Å². The molecule has 0 radical (unpaired) electrons. The Balaban J connectivity index is 0.000000427. The first-order valence-corrected chi connectivity index (χ1v) is 33.8. The minimum Gasteiger partial charge on any atom is -0.778 e. The number of amides is 5. The largest absolute Gasteiger partial charge is 0.778 e. The van der Waals surface area contributed by atoms with Crippen molar-refractivity contribution in [2.75, 3.05) is 77.7 Å².